The largest absolute Gasteiger partial charge is 0.416 e. The van der Waals surface area contributed by atoms with E-state index in [9.17, 15) is 13.2 Å². The Bertz CT molecular complexity index is 756. The van der Waals surface area contributed by atoms with E-state index < -0.39 is 11.7 Å². The molecule has 2 heterocycles. The smallest absolute Gasteiger partial charge is 0.358 e. The van der Waals surface area contributed by atoms with Crippen molar-refractivity contribution in [3.05, 3.63) is 52.2 Å². The van der Waals surface area contributed by atoms with Crippen molar-refractivity contribution in [1.82, 2.24) is 10.2 Å². The fourth-order valence-electron chi connectivity index (χ4n) is 3.45. The van der Waals surface area contributed by atoms with Gasteiger partial charge in [0, 0.05) is 16.6 Å². The quantitative estimate of drug-likeness (QED) is 0.653. The summed E-state index contributed by atoms with van der Waals surface area (Å²) < 4.78 is 38.6. The summed E-state index contributed by atoms with van der Waals surface area (Å²) in [7, 11) is 0. The van der Waals surface area contributed by atoms with Crippen molar-refractivity contribution in [2.45, 2.75) is 38.0 Å². The minimum Gasteiger partial charge on any atom is -0.358 e. The van der Waals surface area contributed by atoms with Crippen LogP contribution in [-0.2, 0) is 6.18 Å². The molecule has 2 atom stereocenters. The molecule has 0 unspecified atom stereocenters. The second-order valence-electron chi connectivity index (χ2n) is 6.67. The standard InChI is InChI=1S/C19H22F3N3S2/c1-13(17(16-8-5-11-27-16)25-9-2-3-10-25)23-18(26)24-15-7-4-6-14(12-15)19(20,21)22/h4-8,11-13,17H,2-3,9-10H2,1H3,(H2,23,24,26)/t13-,17-/m0/s1. The summed E-state index contributed by atoms with van der Waals surface area (Å²) >= 11 is 7.07. The molecule has 0 spiro atoms. The van der Waals surface area contributed by atoms with Crippen molar-refractivity contribution in [2.24, 2.45) is 0 Å². The van der Waals surface area contributed by atoms with Gasteiger partial charge in [-0.1, -0.05) is 12.1 Å². The molecule has 146 valence electrons. The lowest BCUT2D eigenvalue weighted by Crippen LogP contribution is -2.45. The van der Waals surface area contributed by atoms with Gasteiger partial charge in [0.25, 0.3) is 0 Å². The summed E-state index contributed by atoms with van der Waals surface area (Å²) in [5.41, 5.74) is -0.375. The molecule has 0 amide bonds. The number of alkyl halides is 3. The topological polar surface area (TPSA) is 27.3 Å². The van der Waals surface area contributed by atoms with Crippen LogP contribution in [0, 0.1) is 0 Å². The predicted octanol–water partition coefficient (Wildman–Crippen LogP) is 5.28. The van der Waals surface area contributed by atoms with Crippen molar-refractivity contribution in [1.29, 1.82) is 0 Å². The van der Waals surface area contributed by atoms with E-state index in [0.717, 1.165) is 25.2 Å². The summed E-state index contributed by atoms with van der Waals surface area (Å²) in [6.07, 6.45) is -2.01. The van der Waals surface area contributed by atoms with Crippen molar-refractivity contribution in [2.75, 3.05) is 18.4 Å². The molecule has 1 aromatic heterocycles. The van der Waals surface area contributed by atoms with E-state index in [0.29, 0.717) is 10.8 Å². The van der Waals surface area contributed by atoms with Crippen molar-refractivity contribution in [3.63, 3.8) is 0 Å². The highest BCUT2D eigenvalue weighted by molar-refractivity contribution is 7.80. The van der Waals surface area contributed by atoms with Crippen molar-refractivity contribution < 1.29 is 13.2 Å². The van der Waals surface area contributed by atoms with Gasteiger partial charge in [-0.25, -0.2) is 0 Å². The Morgan fingerprint density at radius 1 is 1.19 bits per heavy atom. The van der Waals surface area contributed by atoms with Crippen LogP contribution in [0.25, 0.3) is 0 Å². The SMILES string of the molecule is C[C@H](NC(=S)Nc1cccc(C(F)(F)F)c1)[C@@H](c1cccs1)N1CCCC1. The van der Waals surface area contributed by atoms with Crippen LogP contribution in [0.15, 0.2) is 41.8 Å². The summed E-state index contributed by atoms with van der Waals surface area (Å²) in [4.78, 5) is 3.70. The molecule has 0 saturated carbocycles. The molecule has 3 nitrogen and oxygen atoms in total. The Morgan fingerprint density at radius 3 is 2.56 bits per heavy atom. The average molecular weight is 414 g/mol. The summed E-state index contributed by atoms with van der Waals surface area (Å²) in [5.74, 6) is 0. The second kappa shape index (κ2) is 8.58. The van der Waals surface area contributed by atoms with Crippen LogP contribution in [0.2, 0.25) is 0 Å². The number of rotatable bonds is 5. The van der Waals surface area contributed by atoms with Crippen LogP contribution in [0.4, 0.5) is 18.9 Å². The third-order valence-electron chi connectivity index (χ3n) is 4.65. The molecular formula is C19H22F3N3S2. The zero-order valence-corrected chi connectivity index (χ0v) is 16.6. The average Bonchev–Trinajstić information content (AvgIpc) is 3.29. The third-order valence-corrected chi connectivity index (χ3v) is 5.81. The van der Waals surface area contributed by atoms with Crippen LogP contribution < -0.4 is 10.6 Å². The van der Waals surface area contributed by atoms with Gasteiger partial charge in [0.1, 0.15) is 0 Å². The van der Waals surface area contributed by atoms with Crippen molar-refractivity contribution in [3.8, 4) is 0 Å². The molecule has 27 heavy (non-hydrogen) atoms. The fourth-order valence-corrected chi connectivity index (χ4v) is 4.72. The van der Waals surface area contributed by atoms with E-state index in [1.54, 1.807) is 17.4 Å². The highest BCUT2D eigenvalue weighted by Crippen LogP contribution is 2.32. The zero-order chi connectivity index (χ0) is 19.4. The molecule has 0 bridgehead atoms. The maximum Gasteiger partial charge on any atom is 0.416 e. The Morgan fingerprint density at radius 2 is 1.93 bits per heavy atom. The predicted molar refractivity (Wildman–Crippen MR) is 108 cm³/mol. The van der Waals surface area contributed by atoms with Gasteiger partial charge in [0.05, 0.1) is 11.6 Å². The molecule has 1 aliphatic rings. The van der Waals surface area contributed by atoms with Gasteiger partial charge in [-0.15, -0.1) is 11.3 Å². The van der Waals surface area contributed by atoms with Crippen LogP contribution in [-0.4, -0.2) is 29.1 Å². The Balaban J connectivity index is 1.67. The van der Waals surface area contributed by atoms with Gasteiger partial charge in [0.15, 0.2) is 5.11 Å². The number of thiocarbonyl (C=S) groups is 1. The minimum atomic E-state index is -4.37. The minimum absolute atomic E-state index is 0.0209. The molecule has 3 rings (SSSR count). The number of nitrogens with zero attached hydrogens (tertiary/aromatic N) is 1. The van der Waals surface area contributed by atoms with E-state index >= 15 is 0 Å². The van der Waals surface area contributed by atoms with Crippen LogP contribution in [0.3, 0.4) is 0 Å². The first-order chi connectivity index (χ1) is 12.8. The fraction of sp³-hybridized carbons (Fsp3) is 0.421. The number of thiophene rings is 1. The number of benzene rings is 1. The van der Waals surface area contributed by atoms with E-state index in [4.69, 9.17) is 12.2 Å². The first-order valence-corrected chi connectivity index (χ1v) is 10.2. The molecule has 0 aliphatic carbocycles. The maximum absolute atomic E-state index is 12.9. The summed E-state index contributed by atoms with van der Waals surface area (Å²) in [6.45, 7) is 4.15. The highest BCUT2D eigenvalue weighted by atomic mass is 32.1. The van der Waals surface area contributed by atoms with Gasteiger partial charge >= 0.3 is 6.18 Å². The third kappa shape index (κ3) is 5.21. The molecule has 2 aromatic rings. The van der Waals surface area contributed by atoms with Crippen LogP contribution in [0.1, 0.15) is 36.2 Å². The number of halogens is 3. The first kappa shape index (κ1) is 20.1. The summed E-state index contributed by atoms with van der Waals surface area (Å²) in [6, 6.07) is 9.42. The molecular weight excluding hydrogens is 391 g/mol. The lowest BCUT2D eigenvalue weighted by Gasteiger charge is -2.33. The van der Waals surface area contributed by atoms with E-state index in [2.05, 4.69) is 33.9 Å². The van der Waals surface area contributed by atoms with Gasteiger partial charge < -0.3 is 10.6 Å². The van der Waals surface area contributed by atoms with Gasteiger partial charge in [-0.3, -0.25) is 4.90 Å². The number of hydrogen-bond acceptors (Lipinski definition) is 3. The lowest BCUT2D eigenvalue weighted by atomic mass is 10.1. The Hall–Kier alpha value is -1.64. The van der Waals surface area contributed by atoms with Gasteiger partial charge in [-0.05, 0) is 74.7 Å². The lowest BCUT2D eigenvalue weighted by molar-refractivity contribution is -0.137. The molecule has 1 aromatic carbocycles. The monoisotopic (exact) mass is 413 g/mol. The number of likely N-dealkylation sites (tertiary alicyclic amines) is 1. The van der Waals surface area contributed by atoms with Crippen molar-refractivity contribution >= 4 is 34.4 Å². The number of anilines is 1. The molecule has 8 heteroatoms. The Labute approximate surface area is 166 Å². The normalized spacial score (nSPS) is 17.5. The van der Waals surface area contributed by atoms with Crippen LogP contribution >= 0.6 is 23.6 Å². The molecule has 0 radical (unpaired) electrons. The number of nitrogens with one attached hydrogen (secondary N) is 2. The molecule has 1 fully saturated rings. The van der Waals surface area contributed by atoms with Gasteiger partial charge in [-0.2, -0.15) is 13.2 Å². The molecule has 2 N–H and O–H groups in total. The van der Waals surface area contributed by atoms with E-state index in [1.807, 2.05) is 6.07 Å². The van der Waals surface area contributed by atoms with E-state index in [-0.39, 0.29) is 12.1 Å². The van der Waals surface area contributed by atoms with E-state index in [1.165, 1.54) is 23.8 Å². The zero-order valence-electron chi connectivity index (χ0n) is 14.9. The molecule has 1 aliphatic heterocycles. The van der Waals surface area contributed by atoms with Gasteiger partial charge in [0.2, 0.25) is 0 Å². The number of hydrogen-bond donors (Lipinski definition) is 2. The first-order valence-electron chi connectivity index (χ1n) is 8.87. The summed E-state index contributed by atoms with van der Waals surface area (Å²) in [5, 5.41) is 8.52. The Kier molecular flexibility index (Phi) is 6.39. The second-order valence-corrected chi connectivity index (χ2v) is 8.06. The van der Waals surface area contributed by atoms with Crippen LogP contribution in [0.5, 0.6) is 0 Å². The molecule has 1 saturated heterocycles. The highest BCUT2D eigenvalue weighted by Gasteiger charge is 2.31. The maximum atomic E-state index is 12.9.